The highest BCUT2D eigenvalue weighted by Crippen LogP contribution is 2.10. The second kappa shape index (κ2) is 7.36. The highest BCUT2D eigenvalue weighted by atomic mass is 16.5. The van der Waals surface area contributed by atoms with Crippen LogP contribution >= 0.6 is 0 Å². The van der Waals surface area contributed by atoms with Crippen LogP contribution in [0.15, 0.2) is 30.3 Å². The quantitative estimate of drug-likeness (QED) is 0.889. The van der Waals surface area contributed by atoms with E-state index in [4.69, 9.17) is 4.74 Å². The molecule has 0 spiro atoms. The highest BCUT2D eigenvalue weighted by molar-refractivity contribution is 5.16. The van der Waals surface area contributed by atoms with Crippen LogP contribution in [0.25, 0.3) is 0 Å². The van der Waals surface area contributed by atoms with Crippen molar-refractivity contribution in [2.24, 2.45) is 0 Å². The maximum absolute atomic E-state index is 5.90. The maximum Gasteiger partial charge on any atom is 0.0829 e. The second-order valence-corrected chi connectivity index (χ2v) is 6.36. The van der Waals surface area contributed by atoms with Crippen molar-refractivity contribution in [3.8, 4) is 0 Å². The summed E-state index contributed by atoms with van der Waals surface area (Å²) < 4.78 is 5.90. The average molecular weight is 289 g/mol. The standard InChI is InChI=1S/C17H27N3O/c1-19-9-10-21-17(13-19)14-20-8-7-18-16(12-20)11-15-5-3-2-4-6-15/h2-6,16-18H,7-14H2,1H3. The zero-order chi connectivity index (χ0) is 14.5. The third-order valence-electron chi connectivity index (χ3n) is 4.47. The third kappa shape index (κ3) is 4.51. The molecule has 2 aliphatic heterocycles. The van der Waals surface area contributed by atoms with Gasteiger partial charge in [-0.2, -0.15) is 0 Å². The number of benzene rings is 1. The van der Waals surface area contributed by atoms with Gasteiger partial charge >= 0.3 is 0 Å². The van der Waals surface area contributed by atoms with Gasteiger partial charge in [-0.1, -0.05) is 30.3 Å². The van der Waals surface area contributed by atoms with Crippen LogP contribution in [0.4, 0.5) is 0 Å². The molecule has 1 aromatic rings. The Balaban J connectivity index is 1.49. The van der Waals surface area contributed by atoms with Crippen LogP contribution in [0, 0.1) is 0 Å². The summed E-state index contributed by atoms with van der Waals surface area (Å²) in [6, 6.07) is 11.3. The number of rotatable bonds is 4. The van der Waals surface area contributed by atoms with Crippen LogP contribution in [-0.4, -0.2) is 74.9 Å². The number of hydrogen-bond donors (Lipinski definition) is 1. The number of ether oxygens (including phenoxy) is 1. The van der Waals surface area contributed by atoms with E-state index in [2.05, 4.69) is 52.5 Å². The van der Waals surface area contributed by atoms with Crippen LogP contribution < -0.4 is 5.32 Å². The summed E-state index contributed by atoms with van der Waals surface area (Å²) in [5.41, 5.74) is 1.42. The molecule has 0 radical (unpaired) electrons. The topological polar surface area (TPSA) is 27.7 Å². The van der Waals surface area contributed by atoms with Gasteiger partial charge in [-0.3, -0.25) is 4.90 Å². The summed E-state index contributed by atoms with van der Waals surface area (Å²) >= 11 is 0. The molecule has 1 aromatic carbocycles. The first kappa shape index (κ1) is 15.0. The van der Waals surface area contributed by atoms with Crippen LogP contribution in [0.5, 0.6) is 0 Å². The molecule has 2 atom stereocenters. The lowest BCUT2D eigenvalue weighted by molar-refractivity contribution is -0.0386. The monoisotopic (exact) mass is 289 g/mol. The van der Waals surface area contributed by atoms with Crippen molar-refractivity contribution in [3.05, 3.63) is 35.9 Å². The summed E-state index contributed by atoms with van der Waals surface area (Å²) in [4.78, 5) is 4.94. The molecule has 1 N–H and O–H groups in total. The molecular formula is C17H27N3O. The molecule has 4 nitrogen and oxygen atoms in total. The molecule has 0 bridgehead atoms. The number of likely N-dealkylation sites (N-methyl/N-ethyl adjacent to an activating group) is 1. The lowest BCUT2D eigenvalue weighted by Crippen LogP contribution is -2.55. The molecule has 21 heavy (non-hydrogen) atoms. The van der Waals surface area contributed by atoms with Crippen molar-refractivity contribution in [2.75, 3.05) is 52.9 Å². The van der Waals surface area contributed by atoms with E-state index in [1.165, 1.54) is 5.56 Å². The van der Waals surface area contributed by atoms with Gasteiger partial charge in [-0.25, -0.2) is 0 Å². The number of morpholine rings is 1. The van der Waals surface area contributed by atoms with E-state index >= 15 is 0 Å². The predicted molar refractivity (Wildman–Crippen MR) is 85.6 cm³/mol. The molecule has 2 aliphatic rings. The first-order valence-electron chi connectivity index (χ1n) is 8.09. The fourth-order valence-corrected chi connectivity index (χ4v) is 3.36. The largest absolute Gasteiger partial charge is 0.374 e. The Morgan fingerprint density at radius 1 is 1.19 bits per heavy atom. The zero-order valence-corrected chi connectivity index (χ0v) is 13.0. The molecule has 2 saturated heterocycles. The van der Waals surface area contributed by atoms with Gasteiger partial charge in [0.05, 0.1) is 12.7 Å². The molecule has 116 valence electrons. The van der Waals surface area contributed by atoms with Gasteiger partial charge in [0, 0.05) is 45.3 Å². The molecule has 3 rings (SSSR count). The summed E-state index contributed by atoms with van der Waals surface area (Å²) in [6.45, 7) is 7.41. The van der Waals surface area contributed by atoms with E-state index in [0.29, 0.717) is 12.1 Å². The Labute approximate surface area is 128 Å². The number of nitrogens with zero attached hydrogens (tertiary/aromatic N) is 2. The zero-order valence-electron chi connectivity index (χ0n) is 13.0. The van der Waals surface area contributed by atoms with Gasteiger partial charge in [0.2, 0.25) is 0 Å². The van der Waals surface area contributed by atoms with Crippen LogP contribution in [-0.2, 0) is 11.2 Å². The van der Waals surface area contributed by atoms with Gasteiger partial charge in [-0.15, -0.1) is 0 Å². The van der Waals surface area contributed by atoms with E-state index < -0.39 is 0 Å². The molecule has 2 unspecified atom stereocenters. The van der Waals surface area contributed by atoms with Crippen molar-refractivity contribution in [3.63, 3.8) is 0 Å². The Kier molecular flexibility index (Phi) is 5.25. The van der Waals surface area contributed by atoms with Crippen molar-refractivity contribution < 1.29 is 4.74 Å². The van der Waals surface area contributed by atoms with Gasteiger partial charge in [0.15, 0.2) is 0 Å². The minimum atomic E-state index is 0.374. The molecule has 0 saturated carbocycles. The van der Waals surface area contributed by atoms with E-state index in [9.17, 15) is 0 Å². The molecule has 0 amide bonds. The summed E-state index contributed by atoms with van der Waals surface area (Å²) in [5.74, 6) is 0. The summed E-state index contributed by atoms with van der Waals surface area (Å²) in [5, 5.41) is 3.65. The average Bonchev–Trinajstić information content (AvgIpc) is 2.49. The lowest BCUT2D eigenvalue weighted by Gasteiger charge is -2.38. The third-order valence-corrected chi connectivity index (χ3v) is 4.47. The Bertz CT molecular complexity index is 425. The molecular weight excluding hydrogens is 262 g/mol. The predicted octanol–water partition coefficient (Wildman–Crippen LogP) is 0.834. The minimum Gasteiger partial charge on any atom is -0.374 e. The fraction of sp³-hybridized carbons (Fsp3) is 0.647. The highest BCUT2D eigenvalue weighted by Gasteiger charge is 2.24. The van der Waals surface area contributed by atoms with Crippen molar-refractivity contribution in [1.29, 1.82) is 0 Å². The molecule has 2 heterocycles. The SMILES string of the molecule is CN1CCOC(CN2CCNC(Cc3ccccc3)C2)C1. The first-order valence-corrected chi connectivity index (χ1v) is 8.09. The molecule has 0 aromatic heterocycles. The minimum absolute atomic E-state index is 0.374. The Hall–Kier alpha value is -0.940. The molecule has 2 fully saturated rings. The smallest absolute Gasteiger partial charge is 0.0829 e. The van der Waals surface area contributed by atoms with Crippen molar-refractivity contribution >= 4 is 0 Å². The Morgan fingerprint density at radius 2 is 2.05 bits per heavy atom. The number of nitrogens with one attached hydrogen (secondary N) is 1. The van der Waals surface area contributed by atoms with Gasteiger partial charge in [0.1, 0.15) is 0 Å². The van der Waals surface area contributed by atoms with E-state index in [1.54, 1.807) is 0 Å². The fourth-order valence-electron chi connectivity index (χ4n) is 3.36. The molecule has 4 heteroatoms. The van der Waals surface area contributed by atoms with E-state index in [1.807, 2.05) is 0 Å². The summed E-state index contributed by atoms with van der Waals surface area (Å²) in [6.07, 6.45) is 1.49. The van der Waals surface area contributed by atoms with Gasteiger partial charge in [-0.05, 0) is 19.0 Å². The normalized spacial score (nSPS) is 28.6. The van der Waals surface area contributed by atoms with Gasteiger partial charge in [0.25, 0.3) is 0 Å². The summed E-state index contributed by atoms with van der Waals surface area (Å²) in [7, 11) is 2.19. The number of piperazine rings is 1. The first-order chi connectivity index (χ1) is 10.3. The van der Waals surface area contributed by atoms with Crippen LogP contribution in [0.2, 0.25) is 0 Å². The lowest BCUT2D eigenvalue weighted by atomic mass is 10.0. The van der Waals surface area contributed by atoms with Crippen LogP contribution in [0.1, 0.15) is 5.56 Å². The van der Waals surface area contributed by atoms with E-state index in [-0.39, 0.29) is 0 Å². The van der Waals surface area contributed by atoms with E-state index in [0.717, 1.165) is 52.3 Å². The van der Waals surface area contributed by atoms with Gasteiger partial charge < -0.3 is 15.0 Å². The number of hydrogen-bond acceptors (Lipinski definition) is 4. The van der Waals surface area contributed by atoms with Crippen molar-refractivity contribution in [2.45, 2.75) is 18.6 Å². The van der Waals surface area contributed by atoms with Crippen molar-refractivity contribution in [1.82, 2.24) is 15.1 Å². The van der Waals surface area contributed by atoms with Crippen LogP contribution in [0.3, 0.4) is 0 Å². The Morgan fingerprint density at radius 3 is 2.86 bits per heavy atom. The molecule has 0 aliphatic carbocycles. The maximum atomic E-state index is 5.90. The second-order valence-electron chi connectivity index (χ2n) is 6.36.